The summed E-state index contributed by atoms with van der Waals surface area (Å²) in [4.78, 5) is 21.9. The van der Waals surface area contributed by atoms with Gasteiger partial charge < -0.3 is 10.6 Å². The Balaban J connectivity index is 3.45. The second kappa shape index (κ2) is 9.06. The van der Waals surface area contributed by atoms with Gasteiger partial charge in [0.05, 0.1) is 6.04 Å². The van der Waals surface area contributed by atoms with Crippen LogP contribution in [0.5, 0.6) is 0 Å². The molecule has 0 saturated carbocycles. The van der Waals surface area contributed by atoms with E-state index in [2.05, 4.69) is 10.6 Å². The van der Waals surface area contributed by atoms with Crippen molar-refractivity contribution < 1.29 is 9.59 Å². The van der Waals surface area contributed by atoms with Crippen LogP contribution in [0.3, 0.4) is 0 Å². The largest absolute Gasteiger partial charge is 0.346 e. The van der Waals surface area contributed by atoms with Crippen LogP contribution in [0, 0.1) is 0 Å². The second-order valence-corrected chi connectivity index (χ2v) is 4.87. The summed E-state index contributed by atoms with van der Waals surface area (Å²) in [5.74, 6) is 1.73. The molecule has 15 heavy (non-hydrogen) atoms. The van der Waals surface area contributed by atoms with Gasteiger partial charge in [-0.3, -0.25) is 9.59 Å². The van der Waals surface area contributed by atoms with Gasteiger partial charge in [-0.1, -0.05) is 11.8 Å². The van der Waals surface area contributed by atoms with Crippen LogP contribution in [0.1, 0.15) is 6.92 Å². The highest BCUT2D eigenvalue weighted by atomic mass is 32.2. The van der Waals surface area contributed by atoms with Gasteiger partial charge in [-0.2, -0.15) is 11.8 Å². The number of ketones is 1. The standard InChI is InChI=1S/C9H18N2O2S2/c1-7(12)8(10-2)6-15-5-4-11-9(13)14-3/h8,10H,4-6H2,1-3H3,(H,11,13). The number of carbonyl (C=O) groups is 2. The third kappa shape index (κ3) is 7.70. The molecule has 0 rings (SSSR count). The summed E-state index contributed by atoms with van der Waals surface area (Å²) < 4.78 is 0. The molecule has 0 aromatic carbocycles. The molecule has 1 amide bonds. The van der Waals surface area contributed by atoms with Crippen molar-refractivity contribution in [2.24, 2.45) is 0 Å². The number of carbonyl (C=O) groups excluding carboxylic acids is 2. The third-order valence-electron chi connectivity index (χ3n) is 1.82. The first-order valence-electron chi connectivity index (χ1n) is 4.69. The van der Waals surface area contributed by atoms with Crippen LogP contribution < -0.4 is 10.6 Å². The van der Waals surface area contributed by atoms with E-state index in [1.54, 1.807) is 32.0 Å². The fraction of sp³-hybridized carbons (Fsp3) is 0.778. The fourth-order valence-electron chi connectivity index (χ4n) is 0.903. The van der Waals surface area contributed by atoms with Gasteiger partial charge in [0.25, 0.3) is 5.24 Å². The van der Waals surface area contributed by atoms with Crippen molar-refractivity contribution in [2.75, 3.05) is 31.4 Å². The molecule has 4 nitrogen and oxygen atoms in total. The smallest absolute Gasteiger partial charge is 0.278 e. The molecule has 88 valence electrons. The first-order valence-corrected chi connectivity index (χ1v) is 7.07. The Morgan fingerprint density at radius 3 is 2.53 bits per heavy atom. The minimum absolute atomic E-state index is 0.00710. The van der Waals surface area contributed by atoms with Gasteiger partial charge >= 0.3 is 0 Å². The lowest BCUT2D eigenvalue weighted by Crippen LogP contribution is -2.35. The second-order valence-electron chi connectivity index (χ2n) is 2.95. The molecule has 0 spiro atoms. The van der Waals surface area contributed by atoms with Crippen molar-refractivity contribution in [1.82, 2.24) is 10.6 Å². The fourth-order valence-corrected chi connectivity index (χ4v) is 2.20. The summed E-state index contributed by atoms with van der Waals surface area (Å²) in [6.07, 6.45) is 1.75. The number of Topliss-reactive ketones (excluding diaryl/α,β-unsaturated/α-hetero) is 1. The van der Waals surface area contributed by atoms with Crippen molar-refractivity contribution >= 4 is 34.5 Å². The van der Waals surface area contributed by atoms with Gasteiger partial charge in [0.15, 0.2) is 0 Å². The normalized spacial score (nSPS) is 12.2. The number of likely N-dealkylation sites (N-methyl/N-ethyl adjacent to an activating group) is 1. The van der Waals surface area contributed by atoms with E-state index in [-0.39, 0.29) is 17.1 Å². The van der Waals surface area contributed by atoms with Gasteiger partial charge in [-0.05, 0) is 20.2 Å². The van der Waals surface area contributed by atoms with Crippen LogP contribution >= 0.6 is 23.5 Å². The summed E-state index contributed by atoms with van der Waals surface area (Å²) in [5, 5.41) is 5.69. The molecule has 6 heteroatoms. The summed E-state index contributed by atoms with van der Waals surface area (Å²) in [6, 6.07) is -0.0775. The molecule has 1 atom stereocenters. The van der Waals surface area contributed by atoms with E-state index in [1.807, 2.05) is 0 Å². The van der Waals surface area contributed by atoms with Crippen LogP contribution in [0.4, 0.5) is 4.79 Å². The van der Waals surface area contributed by atoms with Gasteiger partial charge in [0.2, 0.25) is 0 Å². The Labute approximate surface area is 99.3 Å². The van der Waals surface area contributed by atoms with Crippen molar-refractivity contribution in [3.8, 4) is 0 Å². The molecule has 0 heterocycles. The van der Waals surface area contributed by atoms with Crippen LogP contribution in [0.25, 0.3) is 0 Å². The van der Waals surface area contributed by atoms with E-state index in [1.165, 1.54) is 11.8 Å². The van der Waals surface area contributed by atoms with E-state index in [0.29, 0.717) is 6.54 Å². The molecule has 2 N–H and O–H groups in total. The molecule has 1 unspecified atom stereocenters. The Hall–Kier alpha value is -0.200. The van der Waals surface area contributed by atoms with E-state index < -0.39 is 0 Å². The van der Waals surface area contributed by atoms with Crippen molar-refractivity contribution in [1.29, 1.82) is 0 Å². The van der Waals surface area contributed by atoms with Gasteiger partial charge in [-0.15, -0.1) is 0 Å². The number of hydrogen-bond donors (Lipinski definition) is 2. The average Bonchev–Trinajstić information content (AvgIpc) is 2.22. The lowest BCUT2D eigenvalue weighted by Gasteiger charge is -2.11. The number of rotatable bonds is 7. The summed E-state index contributed by atoms with van der Waals surface area (Å²) >= 11 is 2.83. The molecule has 0 aliphatic rings. The highest BCUT2D eigenvalue weighted by Gasteiger charge is 2.10. The zero-order chi connectivity index (χ0) is 11.7. The summed E-state index contributed by atoms with van der Waals surface area (Å²) in [7, 11) is 1.78. The Morgan fingerprint density at radius 2 is 2.07 bits per heavy atom. The molecule has 0 aromatic heterocycles. The zero-order valence-corrected chi connectivity index (χ0v) is 11.0. The molecular formula is C9H18N2O2S2. The highest BCUT2D eigenvalue weighted by molar-refractivity contribution is 8.12. The van der Waals surface area contributed by atoms with Gasteiger partial charge in [0.1, 0.15) is 5.78 Å². The number of amides is 1. The van der Waals surface area contributed by atoms with Crippen LogP contribution in [0.15, 0.2) is 0 Å². The molecule has 0 fully saturated rings. The van der Waals surface area contributed by atoms with Crippen LogP contribution in [0.2, 0.25) is 0 Å². The molecule has 0 saturated heterocycles. The Kier molecular flexibility index (Phi) is 8.94. The first-order chi connectivity index (χ1) is 7.11. The molecule has 0 aliphatic heterocycles. The topological polar surface area (TPSA) is 58.2 Å². The summed E-state index contributed by atoms with van der Waals surface area (Å²) in [5.41, 5.74) is 0. The van der Waals surface area contributed by atoms with Crippen molar-refractivity contribution in [2.45, 2.75) is 13.0 Å². The quantitative estimate of drug-likeness (QED) is 0.659. The Morgan fingerprint density at radius 1 is 1.40 bits per heavy atom. The van der Waals surface area contributed by atoms with E-state index in [4.69, 9.17) is 0 Å². The lowest BCUT2D eigenvalue weighted by atomic mass is 10.2. The monoisotopic (exact) mass is 250 g/mol. The van der Waals surface area contributed by atoms with Crippen molar-refractivity contribution in [3.05, 3.63) is 0 Å². The molecule has 0 aliphatic carbocycles. The first kappa shape index (κ1) is 14.8. The average molecular weight is 250 g/mol. The van der Waals surface area contributed by atoms with Gasteiger partial charge in [0, 0.05) is 18.1 Å². The molecule has 0 bridgehead atoms. The van der Waals surface area contributed by atoms with Gasteiger partial charge in [-0.25, -0.2) is 0 Å². The number of nitrogens with one attached hydrogen (secondary N) is 2. The van der Waals surface area contributed by atoms with E-state index in [0.717, 1.165) is 11.5 Å². The number of thioether (sulfide) groups is 2. The van der Waals surface area contributed by atoms with E-state index in [9.17, 15) is 9.59 Å². The SMILES string of the molecule is CNC(CSCCNC(=O)SC)C(C)=O. The Bertz CT molecular complexity index is 212. The predicted molar refractivity (Wildman–Crippen MR) is 67.8 cm³/mol. The van der Waals surface area contributed by atoms with E-state index >= 15 is 0 Å². The highest BCUT2D eigenvalue weighted by Crippen LogP contribution is 2.03. The molecule has 0 radical (unpaired) electrons. The van der Waals surface area contributed by atoms with Crippen LogP contribution in [-0.4, -0.2) is 48.4 Å². The lowest BCUT2D eigenvalue weighted by molar-refractivity contribution is -0.118. The zero-order valence-electron chi connectivity index (χ0n) is 9.33. The maximum atomic E-state index is 11.0. The van der Waals surface area contributed by atoms with Crippen LogP contribution in [-0.2, 0) is 4.79 Å². The minimum Gasteiger partial charge on any atom is -0.346 e. The van der Waals surface area contributed by atoms with Crippen molar-refractivity contribution in [3.63, 3.8) is 0 Å². The molecular weight excluding hydrogens is 232 g/mol. The molecule has 0 aromatic rings. The minimum atomic E-state index is -0.0775. The maximum absolute atomic E-state index is 11.0. The maximum Gasteiger partial charge on any atom is 0.278 e. The summed E-state index contributed by atoms with van der Waals surface area (Å²) in [6.45, 7) is 2.23. The third-order valence-corrected chi connectivity index (χ3v) is 3.40. The number of hydrogen-bond acceptors (Lipinski definition) is 5. The predicted octanol–water partition coefficient (Wildman–Crippen LogP) is 0.969.